The second-order valence-electron chi connectivity index (χ2n) is 7.17. The zero-order chi connectivity index (χ0) is 19.7. The molecule has 0 N–H and O–H groups in total. The average molecular weight is 378 g/mol. The van der Waals surface area contributed by atoms with Crippen LogP contribution in [0.15, 0.2) is 47.2 Å². The van der Waals surface area contributed by atoms with E-state index >= 15 is 0 Å². The Labute approximate surface area is 163 Å². The molecule has 7 heteroatoms. The van der Waals surface area contributed by atoms with Crippen LogP contribution in [0.1, 0.15) is 34.7 Å². The Morgan fingerprint density at radius 2 is 2.14 bits per heavy atom. The molecular formula is C21H22N4O3. The molecule has 0 spiro atoms. The zero-order valence-electron chi connectivity index (χ0n) is 16.1. The van der Waals surface area contributed by atoms with Crippen LogP contribution in [0.25, 0.3) is 11.4 Å². The highest BCUT2D eigenvalue weighted by Gasteiger charge is 2.37. The van der Waals surface area contributed by atoms with E-state index in [4.69, 9.17) is 9.26 Å². The first-order valence-electron chi connectivity index (χ1n) is 9.24. The van der Waals surface area contributed by atoms with Crippen molar-refractivity contribution in [3.05, 3.63) is 59.7 Å². The van der Waals surface area contributed by atoms with Gasteiger partial charge in [-0.3, -0.25) is 9.78 Å². The summed E-state index contributed by atoms with van der Waals surface area (Å²) in [4.78, 5) is 23.5. The topological polar surface area (TPSA) is 81.4 Å². The first-order chi connectivity index (χ1) is 13.6. The van der Waals surface area contributed by atoms with Crippen LogP contribution >= 0.6 is 0 Å². The van der Waals surface area contributed by atoms with E-state index in [0.717, 1.165) is 16.9 Å². The van der Waals surface area contributed by atoms with E-state index < -0.39 is 0 Å². The number of hydrogen-bond donors (Lipinski definition) is 0. The molecule has 1 saturated heterocycles. The Kier molecular flexibility index (Phi) is 4.81. The molecule has 2 unspecified atom stereocenters. The van der Waals surface area contributed by atoms with Crippen molar-refractivity contribution < 1.29 is 14.1 Å². The summed E-state index contributed by atoms with van der Waals surface area (Å²) >= 11 is 0. The van der Waals surface area contributed by atoms with Gasteiger partial charge in [-0.05, 0) is 48.7 Å². The highest BCUT2D eigenvalue weighted by Crippen LogP contribution is 2.33. The summed E-state index contributed by atoms with van der Waals surface area (Å²) in [5, 5.41) is 4.08. The number of aryl methyl sites for hydroxylation is 1. The molecule has 0 bridgehead atoms. The first kappa shape index (κ1) is 18.2. The van der Waals surface area contributed by atoms with E-state index in [1.54, 1.807) is 19.5 Å². The molecule has 144 valence electrons. The zero-order valence-corrected chi connectivity index (χ0v) is 16.1. The Morgan fingerprint density at radius 1 is 1.29 bits per heavy atom. The highest BCUT2D eigenvalue weighted by atomic mass is 16.5. The van der Waals surface area contributed by atoms with Gasteiger partial charge in [0.05, 0.1) is 13.0 Å². The number of aromatic nitrogens is 3. The van der Waals surface area contributed by atoms with E-state index in [9.17, 15) is 4.79 Å². The third-order valence-corrected chi connectivity index (χ3v) is 5.24. The monoisotopic (exact) mass is 378 g/mol. The van der Waals surface area contributed by atoms with E-state index in [1.807, 2.05) is 42.2 Å². The van der Waals surface area contributed by atoms with E-state index in [1.165, 1.54) is 0 Å². The molecule has 0 radical (unpaired) electrons. The van der Waals surface area contributed by atoms with Gasteiger partial charge in [0, 0.05) is 36.6 Å². The van der Waals surface area contributed by atoms with E-state index in [-0.39, 0.29) is 17.7 Å². The molecule has 28 heavy (non-hydrogen) atoms. The van der Waals surface area contributed by atoms with Gasteiger partial charge in [-0.1, -0.05) is 12.1 Å². The van der Waals surface area contributed by atoms with Gasteiger partial charge in [-0.2, -0.15) is 4.98 Å². The van der Waals surface area contributed by atoms with Gasteiger partial charge in [0.2, 0.25) is 11.7 Å². The third kappa shape index (κ3) is 3.35. The maximum Gasteiger partial charge on any atom is 0.254 e. The van der Waals surface area contributed by atoms with Crippen LogP contribution in [-0.2, 0) is 0 Å². The van der Waals surface area contributed by atoms with Crippen LogP contribution in [0.2, 0.25) is 0 Å². The third-order valence-electron chi connectivity index (χ3n) is 5.24. The van der Waals surface area contributed by atoms with Gasteiger partial charge in [-0.25, -0.2) is 0 Å². The van der Waals surface area contributed by atoms with Crippen molar-refractivity contribution in [2.45, 2.75) is 19.8 Å². The van der Waals surface area contributed by atoms with Crippen molar-refractivity contribution in [1.29, 1.82) is 0 Å². The maximum atomic E-state index is 13.0. The quantitative estimate of drug-likeness (QED) is 0.693. The molecule has 1 aliphatic heterocycles. The molecule has 2 aromatic heterocycles. The second-order valence-corrected chi connectivity index (χ2v) is 7.17. The normalized spacial score (nSPS) is 19.0. The van der Waals surface area contributed by atoms with Crippen molar-refractivity contribution in [3.63, 3.8) is 0 Å². The van der Waals surface area contributed by atoms with Gasteiger partial charge in [0.15, 0.2) is 0 Å². The van der Waals surface area contributed by atoms with E-state index in [0.29, 0.717) is 30.4 Å². The largest absolute Gasteiger partial charge is 0.497 e. The summed E-state index contributed by atoms with van der Waals surface area (Å²) in [6.45, 7) is 5.23. The Hall–Kier alpha value is -3.22. The van der Waals surface area contributed by atoms with Crippen molar-refractivity contribution in [3.8, 4) is 17.1 Å². The van der Waals surface area contributed by atoms with Gasteiger partial charge in [0.1, 0.15) is 5.75 Å². The number of hydrogen-bond acceptors (Lipinski definition) is 6. The lowest BCUT2D eigenvalue weighted by atomic mass is 9.98. The van der Waals surface area contributed by atoms with Crippen LogP contribution in [-0.4, -0.2) is 46.1 Å². The van der Waals surface area contributed by atoms with Gasteiger partial charge in [-0.15, -0.1) is 0 Å². The number of likely N-dealkylation sites (tertiary alicyclic amines) is 1. The number of ether oxygens (including phenoxy) is 1. The van der Waals surface area contributed by atoms with Crippen molar-refractivity contribution >= 4 is 5.91 Å². The molecule has 1 aromatic carbocycles. The number of amides is 1. The SMILES string of the molecule is COc1ccc(C(=O)N2CC(C)C(c3nc(-c4cccnc4)no3)C2)c(C)c1. The molecule has 0 aliphatic carbocycles. The van der Waals surface area contributed by atoms with Crippen LogP contribution in [0.4, 0.5) is 0 Å². The summed E-state index contributed by atoms with van der Waals surface area (Å²) < 4.78 is 10.7. The lowest BCUT2D eigenvalue weighted by Crippen LogP contribution is -2.29. The molecular weight excluding hydrogens is 356 g/mol. The predicted octanol–water partition coefficient (Wildman–Crippen LogP) is 3.32. The number of nitrogens with zero attached hydrogens (tertiary/aromatic N) is 4. The summed E-state index contributed by atoms with van der Waals surface area (Å²) in [5.41, 5.74) is 2.40. The molecule has 1 aliphatic rings. The maximum absolute atomic E-state index is 13.0. The number of pyridine rings is 1. The van der Waals surface area contributed by atoms with Gasteiger partial charge < -0.3 is 14.2 Å². The Balaban J connectivity index is 1.52. The first-order valence-corrected chi connectivity index (χ1v) is 9.24. The van der Waals surface area contributed by atoms with Gasteiger partial charge in [0.25, 0.3) is 5.91 Å². The van der Waals surface area contributed by atoms with Crippen LogP contribution in [0.3, 0.4) is 0 Å². The fraction of sp³-hybridized carbons (Fsp3) is 0.333. The summed E-state index contributed by atoms with van der Waals surface area (Å²) in [6.07, 6.45) is 3.41. The van der Waals surface area contributed by atoms with Crippen LogP contribution < -0.4 is 4.74 Å². The molecule has 3 heterocycles. The second kappa shape index (κ2) is 7.42. The molecule has 3 aromatic rings. The summed E-state index contributed by atoms with van der Waals surface area (Å²) in [5.74, 6) is 2.08. The fourth-order valence-corrected chi connectivity index (χ4v) is 3.63. The lowest BCUT2D eigenvalue weighted by Gasteiger charge is -2.17. The smallest absolute Gasteiger partial charge is 0.254 e. The summed E-state index contributed by atoms with van der Waals surface area (Å²) in [6, 6.07) is 9.24. The summed E-state index contributed by atoms with van der Waals surface area (Å²) in [7, 11) is 1.62. The van der Waals surface area contributed by atoms with Crippen molar-refractivity contribution in [1.82, 2.24) is 20.0 Å². The van der Waals surface area contributed by atoms with Crippen LogP contribution in [0, 0.1) is 12.8 Å². The van der Waals surface area contributed by atoms with Crippen LogP contribution in [0.5, 0.6) is 5.75 Å². The number of rotatable bonds is 4. The standard InChI is InChI=1S/C21H22N4O3/c1-13-9-16(27-3)6-7-17(13)21(26)25-11-14(2)18(12-25)20-23-19(24-28-20)15-5-4-8-22-10-15/h4-10,14,18H,11-12H2,1-3H3. The van der Waals surface area contributed by atoms with Gasteiger partial charge >= 0.3 is 0 Å². The minimum Gasteiger partial charge on any atom is -0.497 e. The Morgan fingerprint density at radius 3 is 2.86 bits per heavy atom. The fourth-order valence-electron chi connectivity index (χ4n) is 3.63. The number of benzene rings is 1. The van der Waals surface area contributed by atoms with Crippen molar-refractivity contribution in [2.24, 2.45) is 5.92 Å². The number of carbonyl (C=O) groups is 1. The van der Waals surface area contributed by atoms with Crippen molar-refractivity contribution in [2.75, 3.05) is 20.2 Å². The predicted molar refractivity (Wildman–Crippen MR) is 103 cm³/mol. The molecule has 4 rings (SSSR count). The van der Waals surface area contributed by atoms with E-state index in [2.05, 4.69) is 22.0 Å². The minimum absolute atomic E-state index is 0.0143. The highest BCUT2D eigenvalue weighted by molar-refractivity contribution is 5.96. The molecule has 1 fully saturated rings. The minimum atomic E-state index is 0.0143. The average Bonchev–Trinajstić information content (AvgIpc) is 3.35. The number of methoxy groups -OCH3 is 1. The molecule has 2 atom stereocenters. The number of carbonyl (C=O) groups excluding carboxylic acids is 1. The molecule has 7 nitrogen and oxygen atoms in total. The lowest BCUT2D eigenvalue weighted by molar-refractivity contribution is 0.0785. The molecule has 1 amide bonds. The Bertz CT molecular complexity index is 986. The molecule has 0 saturated carbocycles.